The number of hydrogen-bond donors (Lipinski definition) is 0. The maximum Gasteiger partial charge on any atom is 0.228 e. The van der Waals surface area contributed by atoms with E-state index < -0.39 is 0 Å². The van der Waals surface area contributed by atoms with Gasteiger partial charge in [0.05, 0.1) is 35.3 Å². The molecule has 0 N–H and O–H groups in total. The zero-order valence-corrected chi connectivity index (χ0v) is 20.7. The molecule has 5 rings (SSSR count). The molecule has 1 aromatic carbocycles. The van der Waals surface area contributed by atoms with Gasteiger partial charge in [-0.2, -0.15) is 10.4 Å². The number of rotatable bonds is 7. The van der Waals surface area contributed by atoms with Crippen LogP contribution in [-0.4, -0.2) is 50.3 Å². The van der Waals surface area contributed by atoms with Gasteiger partial charge < -0.3 is 9.64 Å². The number of para-hydroxylation sites is 1. The maximum absolute atomic E-state index is 9.83. The highest BCUT2D eigenvalue weighted by molar-refractivity contribution is 7.98. The molecular formula is C25H31N7OS. The molecule has 2 aliphatic heterocycles. The van der Waals surface area contributed by atoms with Crippen LogP contribution in [0.25, 0.3) is 5.69 Å². The summed E-state index contributed by atoms with van der Waals surface area (Å²) >= 11 is 1.62. The third kappa shape index (κ3) is 4.70. The molecule has 0 bridgehead atoms. The van der Waals surface area contributed by atoms with Crippen LogP contribution in [0.1, 0.15) is 49.6 Å². The Morgan fingerprint density at radius 3 is 2.65 bits per heavy atom. The van der Waals surface area contributed by atoms with Gasteiger partial charge in [0.15, 0.2) is 5.16 Å². The highest BCUT2D eigenvalue weighted by atomic mass is 32.2. The van der Waals surface area contributed by atoms with E-state index in [4.69, 9.17) is 4.74 Å². The summed E-state index contributed by atoms with van der Waals surface area (Å²) < 4.78 is 10.1. The predicted octanol–water partition coefficient (Wildman–Crippen LogP) is 4.35. The number of ether oxygens (including phenoxy) is 1. The van der Waals surface area contributed by atoms with E-state index in [1.54, 1.807) is 11.8 Å². The molecule has 4 heterocycles. The van der Waals surface area contributed by atoms with Gasteiger partial charge in [-0.15, -0.1) is 10.2 Å². The molecule has 8 nitrogen and oxygen atoms in total. The molecule has 0 aliphatic carbocycles. The molecule has 2 fully saturated rings. The number of hydrogen-bond acceptors (Lipinski definition) is 7. The molecular weight excluding hydrogens is 446 g/mol. The van der Waals surface area contributed by atoms with Crippen molar-refractivity contribution in [3.05, 3.63) is 47.3 Å². The smallest absolute Gasteiger partial charge is 0.228 e. The number of nitriles is 1. The lowest BCUT2D eigenvalue weighted by atomic mass is 10.00. The monoisotopic (exact) mass is 477 g/mol. The van der Waals surface area contributed by atoms with Crippen molar-refractivity contribution in [2.45, 2.75) is 63.1 Å². The number of aromatic nitrogens is 5. The first kappa shape index (κ1) is 22.9. The number of aryl methyl sites for hydroxylation is 1. The molecule has 2 saturated heterocycles. The van der Waals surface area contributed by atoms with Crippen molar-refractivity contribution in [1.82, 2.24) is 24.5 Å². The topological polar surface area (TPSA) is 84.8 Å². The number of benzene rings is 1. The second-order valence-corrected chi connectivity index (χ2v) is 10.2. The van der Waals surface area contributed by atoms with Crippen molar-refractivity contribution in [3.8, 4) is 11.8 Å². The number of piperidine rings is 1. The number of nitrogens with zero attached hydrogens (tertiary/aromatic N) is 7. The fraction of sp³-hybridized carbons (Fsp3) is 0.520. The van der Waals surface area contributed by atoms with Gasteiger partial charge in [0.1, 0.15) is 6.07 Å². The van der Waals surface area contributed by atoms with Crippen molar-refractivity contribution < 1.29 is 4.74 Å². The summed E-state index contributed by atoms with van der Waals surface area (Å²) in [4.78, 5) is 2.37. The molecule has 0 spiro atoms. The maximum atomic E-state index is 9.83. The van der Waals surface area contributed by atoms with Crippen LogP contribution >= 0.6 is 11.8 Å². The van der Waals surface area contributed by atoms with E-state index in [2.05, 4.69) is 37.8 Å². The quantitative estimate of drug-likeness (QED) is 0.468. The van der Waals surface area contributed by atoms with Crippen LogP contribution in [0.2, 0.25) is 0 Å². The van der Waals surface area contributed by atoms with Crippen LogP contribution in [-0.2, 0) is 17.0 Å². The molecule has 0 saturated carbocycles. The van der Waals surface area contributed by atoms with E-state index in [-0.39, 0.29) is 6.10 Å². The summed E-state index contributed by atoms with van der Waals surface area (Å²) in [5, 5.41) is 24.6. The van der Waals surface area contributed by atoms with Gasteiger partial charge in [-0.3, -0.25) is 4.57 Å². The Hall–Kier alpha value is -2.83. The first-order valence-corrected chi connectivity index (χ1v) is 13.1. The van der Waals surface area contributed by atoms with Gasteiger partial charge in [0.25, 0.3) is 0 Å². The Kier molecular flexibility index (Phi) is 6.88. The normalized spacial score (nSPS) is 19.0. The van der Waals surface area contributed by atoms with Crippen LogP contribution in [0, 0.1) is 24.2 Å². The standard InChI is InChI=1S/C25H31N7OS/c1-18-10-12-30(13-11-18)24-27-28-25(31(24)16-21-9-6-14-33-21)34-17-23-22(15-26)19(2)29-32(23)20-7-4-3-5-8-20/h3-5,7-8,18,21H,6,9-14,16-17H2,1-2H3. The van der Waals surface area contributed by atoms with Crippen LogP contribution in [0.15, 0.2) is 35.5 Å². The summed E-state index contributed by atoms with van der Waals surface area (Å²) in [6.45, 7) is 7.82. The summed E-state index contributed by atoms with van der Waals surface area (Å²) in [6, 6.07) is 12.3. The predicted molar refractivity (Wildman–Crippen MR) is 132 cm³/mol. The van der Waals surface area contributed by atoms with Gasteiger partial charge in [0.2, 0.25) is 5.95 Å². The zero-order chi connectivity index (χ0) is 23.5. The van der Waals surface area contributed by atoms with Crippen LogP contribution in [0.5, 0.6) is 0 Å². The van der Waals surface area contributed by atoms with Crippen molar-refractivity contribution in [2.24, 2.45) is 5.92 Å². The molecule has 1 unspecified atom stereocenters. The summed E-state index contributed by atoms with van der Waals surface area (Å²) in [5.74, 6) is 2.28. The minimum Gasteiger partial charge on any atom is -0.376 e. The lowest BCUT2D eigenvalue weighted by Gasteiger charge is -2.31. The van der Waals surface area contributed by atoms with E-state index in [0.29, 0.717) is 11.3 Å². The van der Waals surface area contributed by atoms with Crippen molar-refractivity contribution in [3.63, 3.8) is 0 Å². The van der Waals surface area contributed by atoms with Gasteiger partial charge in [-0.1, -0.05) is 36.9 Å². The molecule has 0 amide bonds. The summed E-state index contributed by atoms with van der Waals surface area (Å²) in [7, 11) is 0. The minimum absolute atomic E-state index is 0.199. The molecule has 9 heteroatoms. The molecule has 2 aromatic heterocycles. The summed E-state index contributed by atoms with van der Waals surface area (Å²) in [5.41, 5.74) is 3.21. The molecule has 0 radical (unpaired) electrons. The van der Waals surface area contributed by atoms with Gasteiger partial charge in [0, 0.05) is 25.4 Å². The Morgan fingerprint density at radius 2 is 1.94 bits per heavy atom. The highest BCUT2D eigenvalue weighted by Gasteiger charge is 2.26. The lowest BCUT2D eigenvalue weighted by Crippen LogP contribution is -2.35. The van der Waals surface area contributed by atoms with Crippen LogP contribution in [0.3, 0.4) is 0 Å². The molecule has 178 valence electrons. The van der Waals surface area contributed by atoms with Crippen molar-refractivity contribution in [1.29, 1.82) is 5.26 Å². The van der Waals surface area contributed by atoms with Gasteiger partial charge in [-0.05, 0) is 50.7 Å². The minimum atomic E-state index is 0.199. The lowest BCUT2D eigenvalue weighted by molar-refractivity contribution is 0.0951. The molecule has 34 heavy (non-hydrogen) atoms. The number of anilines is 1. The fourth-order valence-corrected chi connectivity index (χ4v) is 5.69. The van der Waals surface area contributed by atoms with E-state index in [1.165, 1.54) is 12.8 Å². The first-order chi connectivity index (χ1) is 16.6. The van der Waals surface area contributed by atoms with E-state index in [1.807, 2.05) is 41.9 Å². The SMILES string of the molecule is Cc1nn(-c2ccccc2)c(CSc2nnc(N3CCC(C)CC3)n2CC2CCCO2)c1C#N. The van der Waals surface area contributed by atoms with Gasteiger partial charge in [-0.25, -0.2) is 4.68 Å². The number of thioether (sulfide) groups is 1. The second-order valence-electron chi connectivity index (χ2n) is 9.25. The largest absolute Gasteiger partial charge is 0.376 e. The average Bonchev–Trinajstić information content (AvgIpc) is 3.59. The van der Waals surface area contributed by atoms with Crippen molar-refractivity contribution >= 4 is 17.7 Å². The Morgan fingerprint density at radius 1 is 1.15 bits per heavy atom. The second kappa shape index (κ2) is 10.2. The van der Waals surface area contributed by atoms with E-state index >= 15 is 0 Å². The third-order valence-electron chi connectivity index (χ3n) is 6.78. The van der Waals surface area contributed by atoms with E-state index in [0.717, 1.165) is 73.2 Å². The van der Waals surface area contributed by atoms with Gasteiger partial charge >= 0.3 is 0 Å². The summed E-state index contributed by atoms with van der Waals surface area (Å²) in [6.07, 6.45) is 4.72. The van der Waals surface area contributed by atoms with E-state index in [9.17, 15) is 5.26 Å². The average molecular weight is 478 g/mol. The Bertz CT molecular complexity index is 1150. The van der Waals surface area contributed by atoms with Crippen LogP contribution < -0.4 is 4.90 Å². The van der Waals surface area contributed by atoms with Crippen molar-refractivity contribution in [2.75, 3.05) is 24.6 Å². The first-order valence-electron chi connectivity index (χ1n) is 12.1. The Labute approximate surface area is 204 Å². The molecule has 2 aliphatic rings. The Balaban J connectivity index is 1.43. The van der Waals surface area contributed by atoms with Crippen LogP contribution in [0.4, 0.5) is 5.95 Å². The molecule has 3 aromatic rings. The highest BCUT2D eigenvalue weighted by Crippen LogP contribution is 2.31. The fourth-order valence-electron chi connectivity index (χ4n) is 4.75. The molecule has 1 atom stereocenters. The zero-order valence-electron chi connectivity index (χ0n) is 19.9. The third-order valence-corrected chi connectivity index (χ3v) is 7.76.